The van der Waals surface area contributed by atoms with E-state index in [4.69, 9.17) is 9.52 Å². The van der Waals surface area contributed by atoms with Crippen LogP contribution in [0.25, 0.3) is 22.5 Å². The predicted octanol–water partition coefficient (Wildman–Crippen LogP) is 1.52. The van der Waals surface area contributed by atoms with E-state index in [0.29, 0.717) is 28.2 Å². The molecule has 2 aromatic heterocycles. The Labute approximate surface area is 105 Å². The summed E-state index contributed by atoms with van der Waals surface area (Å²) in [6.07, 6.45) is 0. The number of carboxylic acid groups (broad SMARTS) is 1. The van der Waals surface area contributed by atoms with Crippen LogP contribution in [0.1, 0.15) is 16.2 Å². The average molecular weight is 259 g/mol. The number of hydrogen-bond donors (Lipinski definition) is 3. The highest BCUT2D eigenvalue weighted by Gasteiger charge is 2.15. The van der Waals surface area contributed by atoms with E-state index in [0.717, 1.165) is 0 Å². The maximum atomic E-state index is 11.1. The summed E-state index contributed by atoms with van der Waals surface area (Å²) in [6.45, 7) is 1.63. The Balaban J connectivity index is 2.15. The first kappa shape index (κ1) is 11.3. The zero-order chi connectivity index (χ0) is 13.6. The Morgan fingerprint density at radius 2 is 2.16 bits per heavy atom. The molecule has 0 saturated carbocycles. The number of aromatic nitrogens is 3. The number of hydrogen-bond acceptors (Lipinski definition) is 4. The Kier molecular flexibility index (Phi) is 2.28. The molecule has 7 nitrogen and oxygen atoms in total. The van der Waals surface area contributed by atoms with Crippen LogP contribution in [0, 0.1) is 6.92 Å². The molecule has 0 aliphatic carbocycles. The van der Waals surface area contributed by atoms with E-state index in [-0.39, 0.29) is 5.69 Å². The summed E-state index contributed by atoms with van der Waals surface area (Å²) in [6, 6.07) is 5.02. The molecule has 0 aliphatic heterocycles. The van der Waals surface area contributed by atoms with Gasteiger partial charge in [0.2, 0.25) is 0 Å². The number of aromatic amines is 2. The van der Waals surface area contributed by atoms with Gasteiger partial charge in [0.15, 0.2) is 11.3 Å². The van der Waals surface area contributed by atoms with Gasteiger partial charge in [-0.3, -0.25) is 4.98 Å². The number of H-pyrrole nitrogens is 2. The fourth-order valence-electron chi connectivity index (χ4n) is 1.90. The Bertz CT molecular complexity index is 840. The number of nitrogens with zero attached hydrogens (tertiary/aromatic N) is 1. The largest absolute Gasteiger partial charge is 0.476 e. The highest BCUT2D eigenvalue weighted by Crippen LogP contribution is 2.22. The van der Waals surface area contributed by atoms with Crippen LogP contribution in [0.3, 0.4) is 0 Å². The fourth-order valence-corrected chi connectivity index (χ4v) is 1.90. The van der Waals surface area contributed by atoms with E-state index in [1.165, 1.54) is 0 Å². The minimum atomic E-state index is -1.09. The molecule has 7 heteroatoms. The number of carboxylic acids is 1. The lowest BCUT2D eigenvalue weighted by molar-refractivity contribution is 0.0690. The van der Waals surface area contributed by atoms with E-state index in [2.05, 4.69) is 15.0 Å². The Hall–Kier alpha value is -2.83. The van der Waals surface area contributed by atoms with Gasteiger partial charge in [0, 0.05) is 11.3 Å². The summed E-state index contributed by atoms with van der Waals surface area (Å²) in [5.74, 6) is -1.20. The van der Waals surface area contributed by atoms with Crippen molar-refractivity contribution in [2.24, 2.45) is 0 Å². The molecule has 0 amide bonds. The molecule has 0 radical (unpaired) electrons. The zero-order valence-corrected chi connectivity index (χ0v) is 9.85. The first-order valence-electron chi connectivity index (χ1n) is 5.48. The summed E-state index contributed by atoms with van der Waals surface area (Å²) in [5, 5.41) is 8.95. The fraction of sp³-hybridized carbons (Fsp3) is 0.0833. The lowest BCUT2D eigenvalue weighted by Crippen LogP contribution is -1.98. The molecule has 0 unspecified atom stereocenters. The maximum Gasteiger partial charge on any atom is 0.417 e. The van der Waals surface area contributed by atoms with E-state index in [9.17, 15) is 9.59 Å². The van der Waals surface area contributed by atoms with Gasteiger partial charge in [0.1, 0.15) is 5.82 Å². The third-order valence-electron chi connectivity index (χ3n) is 2.78. The maximum absolute atomic E-state index is 11.1. The first-order valence-corrected chi connectivity index (χ1v) is 5.48. The normalized spacial score (nSPS) is 11.0. The Morgan fingerprint density at radius 3 is 2.84 bits per heavy atom. The summed E-state index contributed by atoms with van der Waals surface area (Å²) in [5.41, 5.74) is 2.07. The second-order valence-corrected chi connectivity index (χ2v) is 4.09. The molecule has 3 N–H and O–H groups in total. The van der Waals surface area contributed by atoms with Gasteiger partial charge >= 0.3 is 11.7 Å². The van der Waals surface area contributed by atoms with Crippen LogP contribution in [0.2, 0.25) is 0 Å². The van der Waals surface area contributed by atoms with Crippen molar-refractivity contribution in [3.8, 4) is 11.4 Å². The summed E-state index contributed by atoms with van der Waals surface area (Å²) >= 11 is 0. The van der Waals surface area contributed by atoms with Gasteiger partial charge < -0.3 is 14.5 Å². The lowest BCUT2D eigenvalue weighted by atomic mass is 10.2. The summed E-state index contributed by atoms with van der Waals surface area (Å²) in [7, 11) is 0. The smallest absolute Gasteiger partial charge is 0.417 e. The third-order valence-corrected chi connectivity index (χ3v) is 2.78. The molecule has 0 aliphatic rings. The highest BCUT2D eigenvalue weighted by atomic mass is 16.4. The van der Waals surface area contributed by atoms with Gasteiger partial charge in [-0.05, 0) is 25.1 Å². The van der Waals surface area contributed by atoms with Crippen LogP contribution in [0.15, 0.2) is 27.4 Å². The quantitative estimate of drug-likeness (QED) is 0.645. The van der Waals surface area contributed by atoms with Crippen molar-refractivity contribution >= 4 is 17.1 Å². The van der Waals surface area contributed by atoms with Crippen LogP contribution in [-0.4, -0.2) is 26.0 Å². The Morgan fingerprint density at radius 1 is 1.37 bits per heavy atom. The van der Waals surface area contributed by atoms with Gasteiger partial charge in [0.25, 0.3) is 0 Å². The van der Waals surface area contributed by atoms with Crippen LogP contribution in [-0.2, 0) is 0 Å². The molecule has 19 heavy (non-hydrogen) atoms. The van der Waals surface area contributed by atoms with Crippen molar-refractivity contribution in [1.82, 2.24) is 15.0 Å². The third kappa shape index (κ3) is 1.81. The van der Waals surface area contributed by atoms with Crippen LogP contribution >= 0.6 is 0 Å². The number of benzene rings is 1. The predicted molar refractivity (Wildman–Crippen MR) is 66.1 cm³/mol. The molecule has 3 rings (SSSR count). The van der Waals surface area contributed by atoms with E-state index in [1.54, 1.807) is 25.1 Å². The van der Waals surface area contributed by atoms with E-state index in [1.807, 2.05) is 0 Å². The highest BCUT2D eigenvalue weighted by molar-refractivity contribution is 5.88. The number of aryl methyl sites for hydroxylation is 1. The molecule has 0 atom stereocenters. The number of aromatic carboxylic acids is 1. The van der Waals surface area contributed by atoms with Crippen molar-refractivity contribution in [1.29, 1.82) is 0 Å². The van der Waals surface area contributed by atoms with Gasteiger partial charge in [0.05, 0.1) is 5.52 Å². The monoisotopic (exact) mass is 259 g/mol. The minimum absolute atomic E-state index is 0.0226. The van der Waals surface area contributed by atoms with E-state index >= 15 is 0 Å². The molecule has 96 valence electrons. The van der Waals surface area contributed by atoms with Crippen molar-refractivity contribution in [3.05, 3.63) is 40.1 Å². The topological polar surface area (TPSA) is 112 Å². The number of carbonyl (C=O) groups is 1. The van der Waals surface area contributed by atoms with Gasteiger partial charge in [-0.1, -0.05) is 0 Å². The van der Waals surface area contributed by atoms with Crippen LogP contribution in [0.4, 0.5) is 0 Å². The second kappa shape index (κ2) is 3.84. The number of fused-ring (bicyclic) bond motifs is 1. The average Bonchev–Trinajstić information content (AvgIpc) is 2.89. The lowest BCUT2D eigenvalue weighted by Gasteiger charge is -1.95. The molecule has 0 spiro atoms. The molecule has 0 saturated heterocycles. The van der Waals surface area contributed by atoms with Crippen molar-refractivity contribution in [2.75, 3.05) is 0 Å². The molecular formula is C12H9N3O4. The van der Waals surface area contributed by atoms with Gasteiger partial charge in [-0.15, -0.1) is 0 Å². The number of rotatable bonds is 2. The van der Waals surface area contributed by atoms with Gasteiger partial charge in [-0.25, -0.2) is 14.6 Å². The molecule has 1 aromatic carbocycles. The van der Waals surface area contributed by atoms with Crippen molar-refractivity contribution < 1.29 is 14.3 Å². The standard InChI is InChI=1S/C12H9N3O4/c1-5-9(11(16)17)15-10(13-5)6-2-3-7-8(4-6)19-12(18)14-7/h2-4H,1H3,(H,13,15)(H,14,18)(H,16,17). The number of nitrogens with one attached hydrogen (secondary N) is 2. The molecule has 0 bridgehead atoms. The van der Waals surface area contributed by atoms with Gasteiger partial charge in [-0.2, -0.15) is 0 Å². The molecule has 2 heterocycles. The first-order chi connectivity index (χ1) is 9.04. The molecule has 3 aromatic rings. The van der Waals surface area contributed by atoms with Crippen molar-refractivity contribution in [2.45, 2.75) is 6.92 Å². The molecule has 0 fully saturated rings. The SMILES string of the molecule is Cc1[nH]c(-c2ccc3[nH]c(=O)oc3c2)nc1C(=O)O. The second-order valence-electron chi connectivity index (χ2n) is 4.09. The van der Waals surface area contributed by atoms with Crippen LogP contribution < -0.4 is 5.76 Å². The number of imidazole rings is 1. The van der Waals surface area contributed by atoms with Crippen molar-refractivity contribution in [3.63, 3.8) is 0 Å². The molecular weight excluding hydrogens is 250 g/mol. The summed E-state index contributed by atoms with van der Waals surface area (Å²) in [4.78, 5) is 31.4. The zero-order valence-electron chi connectivity index (χ0n) is 9.85. The van der Waals surface area contributed by atoms with E-state index < -0.39 is 11.7 Å². The summed E-state index contributed by atoms with van der Waals surface area (Å²) < 4.78 is 4.95. The van der Waals surface area contributed by atoms with Crippen LogP contribution in [0.5, 0.6) is 0 Å². The number of oxazole rings is 1. The minimum Gasteiger partial charge on any atom is -0.476 e.